The SMILES string of the molecule is CC(C)C(CCO)NC(=O)CNC(=O)c1ccccc1Br. The molecule has 0 spiro atoms. The molecule has 0 aromatic heterocycles. The second kappa shape index (κ2) is 8.79. The predicted octanol–water partition coefficient (Wildman–Crippen LogP) is 1.70. The van der Waals surface area contributed by atoms with Crippen LogP contribution in [0, 0.1) is 5.92 Å². The Bertz CT molecular complexity index is 492. The highest BCUT2D eigenvalue weighted by atomic mass is 79.9. The number of aliphatic hydroxyl groups is 1. The van der Waals surface area contributed by atoms with E-state index in [1.165, 1.54) is 0 Å². The van der Waals surface area contributed by atoms with E-state index >= 15 is 0 Å². The highest BCUT2D eigenvalue weighted by molar-refractivity contribution is 9.10. The number of rotatable bonds is 7. The zero-order valence-corrected chi connectivity index (χ0v) is 13.8. The first-order chi connectivity index (χ1) is 9.95. The van der Waals surface area contributed by atoms with Crippen LogP contribution in [0.1, 0.15) is 30.6 Å². The van der Waals surface area contributed by atoms with Crippen molar-refractivity contribution in [2.45, 2.75) is 26.3 Å². The zero-order chi connectivity index (χ0) is 15.8. The molecule has 21 heavy (non-hydrogen) atoms. The molecular weight excluding hydrogens is 336 g/mol. The third kappa shape index (κ3) is 5.85. The van der Waals surface area contributed by atoms with Crippen LogP contribution in [0.2, 0.25) is 0 Å². The molecule has 0 saturated heterocycles. The molecule has 0 heterocycles. The van der Waals surface area contributed by atoms with E-state index in [0.717, 1.165) is 0 Å². The Balaban J connectivity index is 2.49. The monoisotopic (exact) mass is 356 g/mol. The van der Waals surface area contributed by atoms with Crippen LogP contribution in [0.3, 0.4) is 0 Å². The van der Waals surface area contributed by atoms with Crippen LogP contribution in [0.4, 0.5) is 0 Å². The standard InChI is InChI=1S/C15H21BrN2O3/c1-10(2)13(7-8-19)18-14(20)9-17-15(21)11-5-3-4-6-12(11)16/h3-6,10,13,19H,7-9H2,1-2H3,(H,17,21)(H,18,20). The number of nitrogens with one attached hydrogen (secondary N) is 2. The number of hydrogen-bond donors (Lipinski definition) is 3. The van der Waals surface area contributed by atoms with E-state index in [0.29, 0.717) is 16.5 Å². The molecule has 0 fully saturated rings. The number of hydrogen-bond acceptors (Lipinski definition) is 3. The van der Waals surface area contributed by atoms with Crippen LogP contribution in [0.25, 0.3) is 0 Å². The van der Waals surface area contributed by atoms with Crippen molar-refractivity contribution < 1.29 is 14.7 Å². The van der Waals surface area contributed by atoms with Gasteiger partial charge in [0, 0.05) is 17.1 Å². The van der Waals surface area contributed by atoms with E-state index in [4.69, 9.17) is 5.11 Å². The van der Waals surface area contributed by atoms with Crippen molar-refractivity contribution >= 4 is 27.7 Å². The van der Waals surface area contributed by atoms with Crippen LogP contribution in [-0.4, -0.2) is 36.1 Å². The van der Waals surface area contributed by atoms with Crippen LogP contribution >= 0.6 is 15.9 Å². The van der Waals surface area contributed by atoms with E-state index in [1.54, 1.807) is 18.2 Å². The van der Waals surface area contributed by atoms with E-state index in [1.807, 2.05) is 19.9 Å². The average Bonchev–Trinajstić information content (AvgIpc) is 2.44. The summed E-state index contributed by atoms with van der Waals surface area (Å²) in [6.07, 6.45) is 0.502. The smallest absolute Gasteiger partial charge is 0.252 e. The van der Waals surface area contributed by atoms with Gasteiger partial charge in [-0.2, -0.15) is 0 Å². The number of halogens is 1. The Morgan fingerprint density at radius 1 is 1.29 bits per heavy atom. The molecule has 2 amide bonds. The Morgan fingerprint density at radius 3 is 2.52 bits per heavy atom. The molecule has 0 aliphatic heterocycles. The number of amides is 2. The van der Waals surface area contributed by atoms with Crippen molar-refractivity contribution in [1.82, 2.24) is 10.6 Å². The second-order valence-electron chi connectivity index (χ2n) is 5.09. The van der Waals surface area contributed by atoms with E-state index in [9.17, 15) is 9.59 Å². The summed E-state index contributed by atoms with van der Waals surface area (Å²) in [6, 6.07) is 6.93. The second-order valence-corrected chi connectivity index (χ2v) is 5.95. The quantitative estimate of drug-likeness (QED) is 0.695. The van der Waals surface area contributed by atoms with Gasteiger partial charge in [-0.3, -0.25) is 9.59 Å². The summed E-state index contributed by atoms with van der Waals surface area (Å²) in [5.74, 6) is -0.344. The zero-order valence-electron chi connectivity index (χ0n) is 12.2. The Morgan fingerprint density at radius 2 is 1.95 bits per heavy atom. The average molecular weight is 357 g/mol. The molecule has 1 atom stereocenters. The molecule has 1 aromatic carbocycles. The van der Waals surface area contributed by atoms with Gasteiger partial charge in [-0.1, -0.05) is 26.0 Å². The molecule has 1 unspecified atom stereocenters. The molecule has 1 rings (SSSR count). The molecule has 0 aliphatic rings. The molecule has 0 aliphatic carbocycles. The summed E-state index contributed by atoms with van der Waals surface area (Å²) in [5.41, 5.74) is 0.487. The minimum absolute atomic E-state index is 0.0203. The van der Waals surface area contributed by atoms with Crippen LogP contribution in [0.15, 0.2) is 28.7 Å². The molecule has 0 radical (unpaired) electrons. The number of carbonyl (C=O) groups is 2. The van der Waals surface area contributed by atoms with Gasteiger partial charge in [-0.15, -0.1) is 0 Å². The Hall–Kier alpha value is -1.40. The highest BCUT2D eigenvalue weighted by Crippen LogP contribution is 2.15. The summed E-state index contributed by atoms with van der Waals surface area (Å²) < 4.78 is 0.684. The minimum Gasteiger partial charge on any atom is -0.396 e. The summed E-state index contributed by atoms with van der Waals surface area (Å²) in [5, 5.41) is 14.4. The lowest BCUT2D eigenvalue weighted by Crippen LogP contribution is -2.44. The van der Waals surface area contributed by atoms with Gasteiger partial charge in [-0.25, -0.2) is 0 Å². The third-order valence-electron chi connectivity index (χ3n) is 3.12. The largest absolute Gasteiger partial charge is 0.396 e. The van der Waals surface area contributed by atoms with Crippen molar-refractivity contribution in [3.63, 3.8) is 0 Å². The van der Waals surface area contributed by atoms with Gasteiger partial charge >= 0.3 is 0 Å². The third-order valence-corrected chi connectivity index (χ3v) is 3.81. The van der Waals surface area contributed by atoms with Gasteiger partial charge < -0.3 is 15.7 Å². The molecule has 6 heteroatoms. The van der Waals surface area contributed by atoms with Gasteiger partial charge in [0.2, 0.25) is 5.91 Å². The van der Waals surface area contributed by atoms with E-state index in [2.05, 4.69) is 26.6 Å². The predicted molar refractivity (Wildman–Crippen MR) is 84.9 cm³/mol. The Kier molecular flexibility index (Phi) is 7.39. The molecule has 116 valence electrons. The molecule has 0 bridgehead atoms. The van der Waals surface area contributed by atoms with Gasteiger partial charge in [0.1, 0.15) is 0 Å². The van der Waals surface area contributed by atoms with Crippen LogP contribution in [0.5, 0.6) is 0 Å². The van der Waals surface area contributed by atoms with E-state index < -0.39 is 0 Å². The maximum Gasteiger partial charge on any atom is 0.252 e. The number of aliphatic hydroxyl groups excluding tert-OH is 1. The minimum atomic E-state index is -0.305. The molecular formula is C15H21BrN2O3. The van der Waals surface area contributed by atoms with Gasteiger partial charge in [0.15, 0.2) is 0 Å². The van der Waals surface area contributed by atoms with Crippen molar-refractivity contribution in [3.8, 4) is 0 Å². The van der Waals surface area contributed by atoms with Crippen molar-refractivity contribution in [1.29, 1.82) is 0 Å². The molecule has 0 saturated carbocycles. The topological polar surface area (TPSA) is 78.4 Å². The lowest BCUT2D eigenvalue weighted by atomic mass is 10.0. The fourth-order valence-electron chi connectivity index (χ4n) is 1.87. The number of carbonyl (C=O) groups excluding carboxylic acids is 2. The fourth-order valence-corrected chi connectivity index (χ4v) is 2.34. The number of benzene rings is 1. The van der Waals surface area contributed by atoms with Gasteiger partial charge in [0.25, 0.3) is 5.91 Å². The normalized spacial score (nSPS) is 12.0. The lowest BCUT2D eigenvalue weighted by Gasteiger charge is -2.21. The molecule has 5 nitrogen and oxygen atoms in total. The summed E-state index contributed by atoms with van der Waals surface area (Å²) >= 11 is 3.29. The van der Waals surface area contributed by atoms with Crippen molar-refractivity contribution in [2.75, 3.05) is 13.2 Å². The van der Waals surface area contributed by atoms with Crippen LogP contribution < -0.4 is 10.6 Å². The summed E-state index contributed by atoms with van der Waals surface area (Å²) in [4.78, 5) is 23.8. The van der Waals surface area contributed by atoms with Gasteiger partial charge in [0.05, 0.1) is 12.1 Å². The highest BCUT2D eigenvalue weighted by Gasteiger charge is 2.16. The van der Waals surface area contributed by atoms with Crippen molar-refractivity contribution in [3.05, 3.63) is 34.3 Å². The van der Waals surface area contributed by atoms with E-state index in [-0.39, 0.29) is 36.9 Å². The lowest BCUT2D eigenvalue weighted by molar-refractivity contribution is -0.121. The fraction of sp³-hybridized carbons (Fsp3) is 0.467. The first kappa shape index (κ1) is 17.7. The summed E-state index contributed by atoms with van der Waals surface area (Å²) in [7, 11) is 0. The van der Waals surface area contributed by atoms with Gasteiger partial charge in [-0.05, 0) is 40.4 Å². The Labute approximate surface area is 133 Å². The first-order valence-corrected chi connectivity index (χ1v) is 7.68. The summed E-state index contributed by atoms with van der Waals surface area (Å²) in [6.45, 7) is 3.88. The van der Waals surface area contributed by atoms with Crippen molar-refractivity contribution in [2.24, 2.45) is 5.92 Å². The maximum atomic E-state index is 12.0. The van der Waals surface area contributed by atoms with Crippen LogP contribution in [-0.2, 0) is 4.79 Å². The molecule has 1 aromatic rings. The molecule has 3 N–H and O–H groups in total. The maximum absolute atomic E-state index is 12.0. The first-order valence-electron chi connectivity index (χ1n) is 6.88.